The molecule has 0 aliphatic heterocycles. The van der Waals surface area contributed by atoms with E-state index in [1.54, 1.807) is 18.2 Å². The molecular formula is C16H16O3S. The van der Waals surface area contributed by atoms with Crippen LogP contribution in [0.2, 0.25) is 0 Å². The van der Waals surface area contributed by atoms with Crippen molar-refractivity contribution in [2.24, 2.45) is 0 Å². The van der Waals surface area contributed by atoms with Gasteiger partial charge in [-0.3, -0.25) is 0 Å². The van der Waals surface area contributed by atoms with Crippen LogP contribution in [0.3, 0.4) is 0 Å². The zero-order valence-corrected chi connectivity index (χ0v) is 12.3. The normalized spacial score (nSPS) is 11.1. The lowest BCUT2D eigenvalue weighted by atomic mass is 10.1. The molecule has 3 nitrogen and oxygen atoms in total. The Labute approximate surface area is 119 Å². The molecule has 4 heteroatoms. The van der Waals surface area contributed by atoms with E-state index in [9.17, 15) is 8.42 Å². The molecule has 0 unspecified atom stereocenters. The minimum absolute atomic E-state index is 0.123. The lowest BCUT2D eigenvalue weighted by Gasteiger charge is -2.11. The van der Waals surface area contributed by atoms with Crippen molar-refractivity contribution in [1.29, 1.82) is 0 Å². The van der Waals surface area contributed by atoms with Crippen LogP contribution in [0.25, 0.3) is 5.76 Å². The predicted molar refractivity (Wildman–Crippen MR) is 79.7 cm³/mol. The molecule has 0 fully saturated rings. The van der Waals surface area contributed by atoms with Crippen LogP contribution in [-0.2, 0) is 14.3 Å². The van der Waals surface area contributed by atoms with Gasteiger partial charge < -0.3 is 4.18 Å². The summed E-state index contributed by atoms with van der Waals surface area (Å²) in [6.45, 7) is 7.48. The molecule has 0 radical (unpaired) electrons. The highest BCUT2D eigenvalue weighted by Crippen LogP contribution is 2.23. The van der Waals surface area contributed by atoms with E-state index in [1.165, 1.54) is 12.1 Å². The van der Waals surface area contributed by atoms with Crippen LogP contribution < -0.4 is 0 Å². The third kappa shape index (κ3) is 3.08. The average Bonchev–Trinajstić information content (AvgIpc) is 2.39. The zero-order chi connectivity index (χ0) is 14.8. The summed E-state index contributed by atoms with van der Waals surface area (Å²) in [4.78, 5) is 0.123. The Morgan fingerprint density at radius 3 is 2.20 bits per heavy atom. The van der Waals surface area contributed by atoms with Gasteiger partial charge in [0.05, 0.1) is 0 Å². The summed E-state index contributed by atoms with van der Waals surface area (Å²) in [5.74, 6) is 0.128. The molecule has 2 aromatic carbocycles. The molecule has 2 rings (SSSR count). The molecule has 20 heavy (non-hydrogen) atoms. The summed E-state index contributed by atoms with van der Waals surface area (Å²) in [7, 11) is -3.84. The third-order valence-electron chi connectivity index (χ3n) is 2.97. The van der Waals surface area contributed by atoms with Crippen LogP contribution in [0.1, 0.15) is 16.7 Å². The number of aryl methyl sites for hydroxylation is 2. The fourth-order valence-electron chi connectivity index (χ4n) is 1.82. The van der Waals surface area contributed by atoms with Gasteiger partial charge in [0.1, 0.15) is 10.7 Å². The first-order chi connectivity index (χ1) is 9.40. The van der Waals surface area contributed by atoms with Gasteiger partial charge in [-0.25, -0.2) is 0 Å². The van der Waals surface area contributed by atoms with Crippen molar-refractivity contribution in [3.63, 3.8) is 0 Å². The number of rotatable bonds is 4. The van der Waals surface area contributed by atoms with Crippen molar-refractivity contribution in [1.82, 2.24) is 0 Å². The van der Waals surface area contributed by atoms with Gasteiger partial charge in [-0.1, -0.05) is 48.5 Å². The highest BCUT2D eigenvalue weighted by atomic mass is 32.2. The standard InChI is InChI=1S/C16H16O3S/c1-12-8-10-15(11-9-12)20(17,18)19-14(3)16-7-5-4-6-13(16)2/h4-11H,3H2,1-2H3. The van der Waals surface area contributed by atoms with E-state index in [0.29, 0.717) is 5.56 Å². The zero-order valence-electron chi connectivity index (χ0n) is 11.5. The first-order valence-electron chi connectivity index (χ1n) is 6.16. The second kappa shape index (κ2) is 5.51. The quantitative estimate of drug-likeness (QED) is 0.636. The van der Waals surface area contributed by atoms with Gasteiger partial charge in [0.15, 0.2) is 0 Å². The van der Waals surface area contributed by atoms with E-state index >= 15 is 0 Å². The Hall–Kier alpha value is -2.07. The Kier molecular flexibility index (Phi) is 3.95. The molecule has 0 N–H and O–H groups in total. The van der Waals surface area contributed by atoms with Crippen molar-refractivity contribution >= 4 is 15.9 Å². The van der Waals surface area contributed by atoms with Gasteiger partial charge in [0, 0.05) is 5.56 Å². The molecule has 104 valence electrons. The van der Waals surface area contributed by atoms with Gasteiger partial charge in [-0.05, 0) is 31.5 Å². The molecule has 0 heterocycles. The maximum absolute atomic E-state index is 12.2. The Morgan fingerprint density at radius 1 is 1.00 bits per heavy atom. The largest absolute Gasteiger partial charge is 0.379 e. The minimum Gasteiger partial charge on any atom is -0.379 e. The molecule has 0 saturated heterocycles. The topological polar surface area (TPSA) is 43.4 Å². The minimum atomic E-state index is -3.84. The first kappa shape index (κ1) is 14.3. The summed E-state index contributed by atoms with van der Waals surface area (Å²) in [6.07, 6.45) is 0. The van der Waals surface area contributed by atoms with Crippen LogP contribution in [-0.4, -0.2) is 8.42 Å². The molecular weight excluding hydrogens is 272 g/mol. The fourth-order valence-corrected chi connectivity index (χ4v) is 2.74. The number of benzene rings is 2. The molecule has 0 atom stereocenters. The monoisotopic (exact) mass is 288 g/mol. The summed E-state index contributed by atoms with van der Waals surface area (Å²) < 4.78 is 29.4. The van der Waals surface area contributed by atoms with E-state index in [1.807, 2.05) is 32.0 Å². The van der Waals surface area contributed by atoms with Gasteiger partial charge in [-0.2, -0.15) is 8.42 Å². The molecule has 0 aromatic heterocycles. The molecule has 0 aliphatic rings. The second-order valence-corrected chi connectivity index (χ2v) is 6.13. The molecule has 0 amide bonds. The van der Waals surface area contributed by atoms with Crippen LogP contribution in [0.15, 0.2) is 60.0 Å². The van der Waals surface area contributed by atoms with Crippen molar-refractivity contribution in [2.75, 3.05) is 0 Å². The lowest BCUT2D eigenvalue weighted by molar-refractivity contribution is 0.464. The predicted octanol–water partition coefficient (Wildman–Crippen LogP) is 3.68. The van der Waals surface area contributed by atoms with Crippen molar-refractivity contribution in [3.8, 4) is 0 Å². The van der Waals surface area contributed by atoms with Crippen molar-refractivity contribution in [3.05, 3.63) is 71.8 Å². The Morgan fingerprint density at radius 2 is 1.60 bits per heavy atom. The molecule has 2 aromatic rings. The van der Waals surface area contributed by atoms with Crippen LogP contribution in [0, 0.1) is 13.8 Å². The van der Waals surface area contributed by atoms with Crippen molar-refractivity contribution < 1.29 is 12.6 Å². The lowest BCUT2D eigenvalue weighted by Crippen LogP contribution is -2.06. The highest BCUT2D eigenvalue weighted by Gasteiger charge is 2.18. The summed E-state index contributed by atoms with van der Waals surface area (Å²) in [6, 6.07) is 13.9. The van der Waals surface area contributed by atoms with Crippen molar-refractivity contribution in [2.45, 2.75) is 18.7 Å². The van der Waals surface area contributed by atoms with E-state index in [4.69, 9.17) is 4.18 Å². The van der Waals surface area contributed by atoms with E-state index < -0.39 is 10.1 Å². The van der Waals surface area contributed by atoms with Gasteiger partial charge in [0.25, 0.3) is 0 Å². The van der Waals surface area contributed by atoms with Crippen LogP contribution >= 0.6 is 0 Å². The van der Waals surface area contributed by atoms with E-state index in [0.717, 1.165) is 11.1 Å². The van der Waals surface area contributed by atoms with Gasteiger partial charge >= 0.3 is 10.1 Å². The second-order valence-electron chi connectivity index (χ2n) is 4.59. The summed E-state index contributed by atoms with van der Waals surface area (Å²) in [5, 5.41) is 0. The van der Waals surface area contributed by atoms with Gasteiger partial charge in [-0.15, -0.1) is 0 Å². The smallest absolute Gasteiger partial charge is 0.339 e. The molecule has 0 spiro atoms. The van der Waals surface area contributed by atoms with Crippen LogP contribution in [0.5, 0.6) is 0 Å². The Bertz CT molecular complexity index is 729. The molecule has 0 saturated carbocycles. The summed E-state index contributed by atoms with van der Waals surface area (Å²) >= 11 is 0. The fraction of sp³-hybridized carbons (Fsp3) is 0.125. The van der Waals surface area contributed by atoms with E-state index in [-0.39, 0.29) is 10.7 Å². The highest BCUT2D eigenvalue weighted by molar-refractivity contribution is 7.87. The first-order valence-corrected chi connectivity index (χ1v) is 7.57. The molecule has 0 aliphatic carbocycles. The molecule has 0 bridgehead atoms. The SMILES string of the molecule is C=C(OS(=O)(=O)c1ccc(C)cc1)c1ccccc1C. The van der Waals surface area contributed by atoms with E-state index in [2.05, 4.69) is 6.58 Å². The van der Waals surface area contributed by atoms with Crippen LogP contribution in [0.4, 0.5) is 0 Å². The van der Waals surface area contributed by atoms with Gasteiger partial charge in [0.2, 0.25) is 0 Å². The Balaban J connectivity index is 2.27. The summed E-state index contributed by atoms with van der Waals surface area (Å²) in [5.41, 5.74) is 2.58. The third-order valence-corrected chi connectivity index (χ3v) is 4.24. The maximum atomic E-state index is 12.2. The number of hydrogen-bond donors (Lipinski definition) is 0. The average molecular weight is 288 g/mol. The number of hydrogen-bond acceptors (Lipinski definition) is 3. The maximum Gasteiger partial charge on any atom is 0.339 e.